The van der Waals surface area contributed by atoms with E-state index in [1.165, 1.54) is 19.0 Å². The van der Waals surface area contributed by atoms with Crippen molar-refractivity contribution in [2.24, 2.45) is 10.9 Å². The molecule has 0 bridgehead atoms. The van der Waals surface area contributed by atoms with Crippen LogP contribution in [0.15, 0.2) is 65.9 Å². The third kappa shape index (κ3) is 5.49. The molecule has 4 rings (SSSR count). The van der Waals surface area contributed by atoms with Gasteiger partial charge in [-0.05, 0) is 61.2 Å². The first kappa shape index (κ1) is 21.1. The molecular weight excluding hydrogens is 402 g/mol. The normalized spacial score (nSPS) is 13.2. The molecule has 1 saturated carbocycles. The van der Waals surface area contributed by atoms with Crippen LogP contribution in [0.2, 0.25) is 0 Å². The first-order valence-corrected chi connectivity index (χ1v) is 10.4. The number of hydrogen-bond acceptors (Lipinski definition) is 7. The van der Waals surface area contributed by atoms with Gasteiger partial charge in [-0.2, -0.15) is 5.26 Å². The van der Waals surface area contributed by atoms with Crippen LogP contribution in [-0.2, 0) is 0 Å². The summed E-state index contributed by atoms with van der Waals surface area (Å²) in [5.41, 5.74) is 2.10. The molecule has 0 spiro atoms. The number of ether oxygens (including phenoxy) is 2. The number of methoxy groups -OCH3 is 1. The maximum absolute atomic E-state index is 8.91. The Labute approximate surface area is 187 Å². The largest absolute Gasteiger partial charge is 0.493 e. The lowest BCUT2D eigenvalue weighted by atomic mass is 10.1. The van der Waals surface area contributed by atoms with Crippen LogP contribution in [0.3, 0.4) is 0 Å². The third-order valence-corrected chi connectivity index (χ3v) is 4.89. The Morgan fingerprint density at radius 1 is 1.19 bits per heavy atom. The molecule has 0 radical (unpaired) electrons. The number of nitrogens with one attached hydrogen (secondary N) is 1. The Bertz CT molecular complexity index is 1160. The first-order chi connectivity index (χ1) is 15.8. The molecule has 0 unspecified atom stereocenters. The predicted molar refractivity (Wildman–Crippen MR) is 125 cm³/mol. The van der Waals surface area contributed by atoms with Crippen LogP contribution in [0.5, 0.6) is 11.5 Å². The lowest BCUT2D eigenvalue weighted by Crippen LogP contribution is -2.02. The number of rotatable bonds is 9. The van der Waals surface area contributed by atoms with E-state index >= 15 is 0 Å². The molecular formula is C25H23N5O2. The maximum Gasteiger partial charge on any atom is 0.168 e. The van der Waals surface area contributed by atoms with E-state index in [4.69, 9.17) is 14.7 Å². The number of allylic oxidation sites excluding steroid dienone is 1. The zero-order valence-corrected chi connectivity index (χ0v) is 17.7. The summed E-state index contributed by atoms with van der Waals surface area (Å²) in [6, 6.07) is 15.0. The SMILES string of the molecule is COc1cccc(/C=C/C=Nc2cccnc2Nc2ccc(C#N)cn2)c1OCC1CC1. The van der Waals surface area contributed by atoms with E-state index in [0.29, 0.717) is 35.4 Å². The molecule has 2 heterocycles. The number of aliphatic imine (C=N–C) groups is 1. The topological polar surface area (TPSA) is 92.4 Å². The highest BCUT2D eigenvalue weighted by Crippen LogP contribution is 2.35. The number of hydrogen-bond donors (Lipinski definition) is 1. The number of nitriles is 1. The Kier molecular flexibility index (Phi) is 6.73. The van der Waals surface area contributed by atoms with Crippen molar-refractivity contribution in [2.45, 2.75) is 12.8 Å². The van der Waals surface area contributed by atoms with E-state index in [-0.39, 0.29) is 0 Å². The lowest BCUT2D eigenvalue weighted by molar-refractivity contribution is 0.280. The fraction of sp³-hybridized carbons (Fsp3) is 0.200. The second-order valence-electron chi connectivity index (χ2n) is 7.31. The minimum absolute atomic E-state index is 0.498. The summed E-state index contributed by atoms with van der Waals surface area (Å²) in [5.74, 6) is 3.29. The number of benzene rings is 1. The molecule has 0 saturated heterocycles. The van der Waals surface area contributed by atoms with Crippen molar-refractivity contribution < 1.29 is 9.47 Å². The van der Waals surface area contributed by atoms with E-state index in [9.17, 15) is 0 Å². The minimum Gasteiger partial charge on any atom is -0.493 e. The fourth-order valence-electron chi connectivity index (χ4n) is 2.99. The van der Waals surface area contributed by atoms with Gasteiger partial charge in [-0.15, -0.1) is 0 Å². The van der Waals surface area contributed by atoms with Gasteiger partial charge in [0.2, 0.25) is 0 Å². The molecule has 7 heteroatoms. The minimum atomic E-state index is 0.498. The van der Waals surface area contributed by atoms with Crippen molar-refractivity contribution in [3.8, 4) is 17.6 Å². The number of pyridine rings is 2. The van der Waals surface area contributed by atoms with Gasteiger partial charge in [0.1, 0.15) is 17.6 Å². The molecule has 32 heavy (non-hydrogen) atoms. The summed E-state index contributed by atoms with van der Waals surface area (Å²) in [5, 5.41) is 12.0. The zero-order chi connectivity index (χ0) is 22.2. The summed E-state index contributed by atoms with van der Waals surface area (Å²) >= 11 is 0. The summed E-state index contributed by atoms with van der Waals surface area (Å²) in [6.07, 6.45) is 11.2. The number of para-hydroxylation sites is 1. The Hall–Kier alpha value is -4.18. The van der Waals surface area contributed by atoms with Gasteiger partial charge in [-0.1, -0.05) is 12.1 Å². The predicted octanol–water partition coefficient (Wildman–Crippen LogP) is 5.30. The van der Waals surface area contributed by atoms with Crippen LogP contribution in [0.25, 0.3) is 6.08 Å². The highest BCUT2D eigenvalue weighted by atomic mass is 16.5. The van der Waals surface area contributed by atoms with Gasteiger partial charge in [0.05, 0.1) is 19.3 Å². The van der Waals surface area contributed by atoms with Crippen molar-refractivity contribution in [2.75, 3.05) is 19.0 Å². The van der Waals surface area contributed by atoms with E-state index in [1.807, 2.05) is 42.5 Å². The van der Waals surface area contributed by atoms with Gasteiger partial charge in [0, 0.05) is 24.2 Å². The molecule has 1 N–H and O–H groups in total. The van der Waals surface area contributed by atoms with Crippen LogP contribution < -0.4 is 14.8 Å². The number of aromatic nitrogens is 2. The third-order valence-electron chi connectivity index (χ3n) is 4.89. The quantitative estimate of drug-likeness (QED) is 0.467. The standard InChI is InChI=1S/C25H23N5O2/c1-31-22-8-2-5-20(24(22)32-17-18-9-10-18)6-3-13-27-21-7-4-14-28-25(21)30-23-12-11-19(15-26)16-29-23/h2-8,11-14,16,18H,9-10,17H2,1H3,(H,28,29,30)/b6-3+,27-13?. The van der Waals surface area contributed by atoms with Crippen molar-refractivity contribution in [1.29, 1.82) is 5.26 Å². The monoisotopic (exact) mass is 425 g/mol. The van der Waals surface area contributed by atoms with Crippen LogP contribution >= 0.6 is 0 Å². The Morgan fingerprint density at radius 3 is 2.84 bits per heavy atom. The van der Waals surface area contributed by atoms with Crippen LogP contribution in [-0.4, -0.2) is 29.9 Å². The summed E-state index contributed by atoms with van der Waals surface area (Å²) in [6.45, 7) is 0.712. The molecule has 1 aliphatic carbocycles. The molecule has 0 atom stereocenters. The number of anilines is 2. The van der Waals surface area contributed by atoms with E-state index in [2.05, 4.69) is 26.3 Å². The van der Waals surface area contributed by atoms with Crippen LogP contribution in [0, 0.1) is 17.2 Å². The molecule has 160 valence electrons. The van der Waals surface area contributed by atoms with Gasteiger partial charge in [-0.25, -0.2) is 9.97 Å². The van der Waals surface area contributed by atoms with Crippen LogP contribution in [0.1, 0.15) is 24.0 Å². The van der Waals surface area contributed by atoms with Crippen LogP contribution in [0.4, 0.5) is 17.3 Å². The lowest BCUT2D eigenvalue weighted by Gasteiger charge is -2.12. The highest BCUT2D eigenvalue weighted by molar-refractivity contribution is 5.83. The molecule has 3 aromatic rings. The van der Waals surface area contributed by atoms with Crippen molar-refractivity contribution in [3.63, 3.8) is 0 Å². The molecule has 7 nitrogen and oxygen atoms in total. The van der Waals surface area contributed by atoms with Gasteiger partial charge in [0.25, 0.3) is 0 Å². The van der Waals surface area contributed by atoms with Gasteiger partial charge >= 0.3 is 0 Å². The molecule has 1 fully saturated rings. The second kappa shape index (κ2) is 10.2. The number of nitrogens with zero attached hydrogens (tertiary/aromatic N) is 4. The molecule has 2 aromatic heterocycles. The van der Waals surface area contributed by atoms with E-state index in [0.717, 1.165) is 17.1 Å². The maximum atomic E-state index is 8.91. The fourth-order valence-corrected chi connectivity index (χ4v) is 2.99. The smallest absolute Gasteiger partial charge is 0.168 e. The first-order valence-electron chi connectivity index (χ1n) is 10.4. The average molecular weight is 425 g/mol. The van der Waals surface area contributed by atoms with Crippen molar-refractivity contribution >= 4 is 29.6 Å². The average Bonchev–Trinajstić information content (AvgIpc) is 3.66. The van der Waals surface area contributed by atoms with Gasteiger partial charge < -0.3 is 14.8 Å². The van der Waals surface area contributed by atoms with Gasteiger partial charge in [-0.3, -0.25) is 4.99 Å². The second-order valence-corrected chi connectivity index (χ2v) is 7.31. The zero-order valence-electron chi connectivity index (χ0n) is 17.7. The van der Waals surface area contributed by atoms with E-state index < -0.39 is 0 Å². The van der Waals surface area contributed by atoms with E-state index in [1.54, 1.807) is 31.7 Å². The summed E-state index contributed by atoms with van der Waals surface area (Å²) in [4.78, 5) is 13.1. The van der Waals surface area contributed by atoms with Crippen molar-refractivity contribution in [1.82, 2.24) is 9.97 Å². The summed E-state index contributed by atoms with van der Waals surface area (Å²) < 4.78 is 11.5. The summed E-state index contributed by atoms with van der Waals surface area (Å²) in [7, 11) is 1.65. The molecule has 1 aliphatic rings. The molecule has 0 aliphatic heterocycles. The van der Waals surface area contributed by atoms with Crippen molar-refractivity contribution in [3.05, 3.63) is 72.1 Å². The molecule has 0 amide bonds. The van der Waals surface area contributed by atoms with Gasteiger partial charge in [0.15, 0.2) is 17.3 Å². The Morgan fingerprint density at radius 2 is 2.09 bits per heavy atom. The highest BCUT2D eigenvalue weighted by Gasteiger charge is 2.23. The Balaban J connectivity index is 1.48. The molecule has 1 aromatic carbocycles.